The van der Waals surface area contributed by atoms with Gasteiger partial charge in [-0.1, -0.05) is 12.1 Å². The highest BCUT2D eigenvalue weighted by Gasteiger charge is 2.10. The zero-order chi connectivity index (χ0) is 12.0. The maximum absolute atomic E-state index is 5.24. The number of anilines is 1. The van der Waals surface area contributed by atoms with E-state index in [1.54, 1.807) is 7.11 Å². The van der Waals surface area contributed by atoms with Gasteiger partial charge >= 0.3 is 0 Å². The van der Waals surface area contributed by atoms with E-state index in [1.165, 1.54) is 11.3 Å². The molecule has 0 aliphatic rings. The smallest absolute Gasteiger partial charge is 0.0543 e. The van der Waals surface area contributed by atoms with E-state index in [9.17, 15) is 0 Å². The molecule has 1 aromatic rings. The molecule has 0 fully saturated rings. The molecule has 16 heavy (non-hydrogen) atoms. The molecule has 3 heteroatoms. The molecule has 0 radical (unpaired) electrons. The van der Waals surface area contributed by atoms with Gasteiger partial charge in [-0.2, -0.15) is 0 Å². The third-order valence-corrected chi connectivity index (χ3v) is 2.70. The number of methoxy groups -OCH3 is 1. The van der Waals surface area contributed by atoms with Crippen LogP contribution in [0.4, 0.5) is 5.69 Å². The number of hydrogen-bond donors (Lipinski definition) is 1. The zero-order valence-electron chi connectivity index (χ0n) is 10.7. The molecular weight excluding hydrogens is 200 g/mol. The fourth-order valence-corrected chi connectivity index (χ4v) is 1.77. The van der Waals surface area contributed by atoms with Crippen molar-refractivity contribution < 1.29 is 4.74 Å². The summed E-state index contributed by atoms with van der Waals surface area (Å²) in [4.78, 5) is 2.10. The third kappa shape index (κ3) is 3.51. The van der Waals surface area contributed by atoms with E-state index < -0.39 is 0 Å². The second-order valence-electron chi connectivity index (χ2n) is 4.20. The molecule has 1 rings (SSSR count). The number of hydrogen-bond acceptors (Lipinski definition) is 3. The summed E-state index contributed by atoms with van der Waals surface area (Å²) < 4.78 is 5.24. The van der Waals surface area contributed by atoms with E-state index in [0.29, 0.717) is 5.92 Å². The van der Waals surface area contributed by atoms with Crippen LogP contribution < -0.4 is 10.2 Å². The molecule has 3 nitrogen and oxygen atoms in total. The maximum atomic E-state index is 5.24. The van der Waals surface area contributed by atoms with Gasteiger partial charge in [-0.3, -0.25) is 0 Å². The van der Waals surface area contributed by atoms with E-state index in [-0.39, 0.29) is 0 Å². The summed E-state index contributed by atoms with van der Waals surface area (Å²) in [7, 11) is 7.82. The van der Waals surface area contributed by atoms with Crippen LogP contribution in [0.3, 0.4) is 0 Å². The van der Waals surface area contributed by atoms with Gasteiger partial charge in [-0.05, 0) is 24.7 Å². The van der Waals surface area contributed by atoms with E-state index in [4.69, 9.17) is 4.74 Å². The molecule has 0 heterocycles. The van der Waals surface area contributed by atoms with Crippen molar-refractivity contribution in [3.05, 3.63) is 29.8 Å². The van der Waals surface area contributed by atoms with E-state index in [2.05, 4.69) is 48.6 Å². The van der Waals surface area contributed by atoms with Gasteiger partial charge < -0.3 is 15.0 Å². The highest BCUT2D eigenvalue weighted by Crippen LogP contribution is 2.19. The van der Waals surface area contributed by atoms with Gasteiger partial charge in [0.05, 0.1) is 6.61 Å². The fourth-order valence-electron chi connectivity index (χ4n) is 1.77. The Morgan fingerprint density at radius 1 is 1.25 bits per heavy atom. The molecule has 0 aliphatic heterocycles. The van der Waals surface area contributed by atoms with Crippen LogP contribution in [-0.4, -0.2) is 41.4 Å². The summed E-state index contributed by atoms with van der Waals surface area (Å²) in [6.45, 7) is 1.69. The van der Waals surface area contributed by atoms with Crippen LogP contribution in [-0.2, 0) is 4.74 Å². The molecule has 0 saturated heterocycles. The summed E-state index contributed by atoms with van der Waals surface area (Å²) in [5.74, 6) is 0.422. The molecular formula is C13H22N2O. The van der Waals surface area contributed by atoms with Crippen LogP contribution in [0.1, 0.15) is 11.5 Å². The van der Waals surface area contributed by atoms with Crippen LogP contribution >= 0.6 is 0 Å². The van der Waals surface area contributed by atoms with Crippen LogP contribution in [0.2, 0.25) is 0 Å². The first-order valence-corrected chi connectivity index (χ1v) is 5.60. The molecule has 0 spiro atoms. The number of likely N-dealkylation sites (N-methyl/N-ethyl adjacent to an activating group) is 1. The Morgan fingerprint density at radius 2 is 1.88 bits per heavy atom. The Balaban J connectivity index is 2.76. The fraction of sp³-hybridized carbons (Fsp3) is 0.538. The minimum absolute atomic E-state index is 0.422. The second-order valence-corrected chi connectivity index (χ2v) is 4.20. The zero-order valence-corrected chi connectivity index (χ0v) is 10.7. The minimum Gasteiger partial charge on any atom is -0.384 e. The normalized spacial score (nSPS) is 12.5. The van der Waals surface area contributed by atoms with Crippen molar-refractivity contribution in [3.8, 4) is 0 Å². The van der Waals surface area contributed by atoms with Gasteiger partial charge in [0.15, 0.2) is 0 Å². The molecule has 0 bridgehead atoms. The molecule has 1 atom stereocenters. The van der Waals surface area contributed by atoms with Gasteiger partial charge in [-0.25, -0.2) is 0 Å². The molecule has 0 aliphatic carbocycles. The molecule has 90 valence electrons. The first-order chi connectivity index (χ1) is 7.69. The van der Waals surface area contributed by atoms with Gasteiger partial charge in [0.25, 0.3) is 0 Å². The average Bonchev–Trinajstić information content (AvgIpc) is 2.29. The lowest BCUT2D eigenvalue weighted by Gasteiger charge is -2.18. The third-order valence-electron chi connectivity index (χ3n) is 2.70. The molecule has 0 saturated carbocycles. The Labute approximate surface area is 98.4 Å². The standard InChI is InChI=1S/C13H22N2O/c1-14-9-12(10-16-4)11-5-7-13(8-6-11)15(2)3/h5-8,12,14H,9-10H2,1-4H3. The number of nitrogens with zero attached hydrogens (tertiary/aromatic N) is 1. The lowest BCUT2D eigenvalue weighted by atomic mass is 9.99. The number of nitrogens with one attached hydrogen (secondary N) is 1. The largest absolute Gasteiger partial charge is 0.384 e. The first kappa shape index (κ1) is 13.0. The monoisotopic (exact) mass is 222 g/mol. The summed E-state index contributed by atoms with van der Waals surface area (Å²) >= 11 is 0. The van der Waals surface area contributed by atoms with E-state index in [0.717, 1.165) is 13.2 Å². The van der Waals surface area contributed by atoms with Crippen molar-refractivity contribution in [2.45, 2.75) is 5.92 Å². The number of rotatable bonds is 6. The van der Waals surface area contributed by atoms with Crippen molar-refractivity contribution in [3.63, 3.8) is 0 Å². The van der Waals surface area contributed by atoms with Crippen molar-refractivity contribution in [2.24, 2.45) is 0 Å². The summed E-state index contributed by atoms with van der Waals surface area (Å²) in [5.41, 5.74) is 2.55. The highest BCUT2D eigenvalue weighted by atomic mass is 16.5. The van der Waals surface area contributed by atoms with E-state index >= 15 is 0 Å². The maximum Gasteiger partial charge on any atom is 0.0543 e. The predicted octanol–water partition coefficient (Wildman–Crippen LogP) is 1.70. The summed E-state index contributed by atoms with van der Waals surface area (Å²) in [5, 5.41) is 3.20. The van der Waals surface area contributed by atoms with Gasteiger partial charge in [-0.15, -0.1) is 0 Å². The Bertz CT molecular complexity index is 289. The lowest BCUT2D eigenvalue weighted by Crippen LogP contribution is -2.21. The average molecular weight is 222 g/mol. The topological polar surface area (TPSA) is 24.5 Å². The first-order valence-electron chi connectivity index (χ1n) is 5.60. The molecule has 1 unspecified atom stereocenters. The number of ether oxygens (including phenoxy) is 1. The lowest BCUT2D eigenvalue weighted by molar-refractivity contribution is 0.178. The highest BCUT2D eigenvalue weighted by molar-refractivity contribution is 5.46. The van der Waals surface area contributed by atoms with Crippen LogP contribution in [0, 0.1) is 0 Å². The second kappa shape index (κ2) is 6.51. The molecule has 1 aromatic carbocycles. The summed E-state index contributed by atoms with van der Waals surface area (Å²) in [6, 6.07) is 8.65. The molecule has 0 amide bonds. The Morgan fingerprint density at radius 3 is 2.31 bits per heavy atom. The van der Waals surface area contributed by atoms with Gasteiger partial charge in [0, 0.05) is 39.4 Å². The quantitative estimate of drug-likeness (QED) is 0.793. The Hall–Kier alpha value is -1.06. The SMILES string of the molecule is CNCC(COC)c1ccc(N(C)C)cc1. The van der Waals surface area contributed by atoms with Crippen LogP contribution in [0.5, 0.6) is 0 Å². The van der Waals surface area contributed by atoms with Crippen molar-refractivity contribution in [1.29, 1.82) is 0 Å². The van der Waals surface area contributed by atoms with Gasteiger partial charge in [0.1, 0.15) is 0 Å². The predicted molar refractivity (Wildman–Crippen MR) is 69.3 cm³/mol. The van der Waals surface area contributed by atoms with Crippen molar-refractivity contribution in [2.75, 3.05) is 46.3 Å². The van der Waals surface area contributed by atoms with Crippen molar-refractivity contribution >= 4 is 5.69 Å². The van der Waals surface area contributed by atoms with Crippen LogP contribution in [0.25, 0.3) is 0 Å². The van der Waals surface area contributed by atoms with E-state index in [1.807, 2.05) is 7.05 Å². The minimum atomic E-state index is 0.422. The Kier molecular flexibility index (Phi) is 5.29. The molecule has 0 aromatic heterocycles. The van der Waals surface area contributed by atoms with Crippen molar-refractivity contribution in [1.82, 2.24) is 5.32 Å². The van der Waals surface area contributed by atoms with Crippen LogP contribution in [0.15, 0.2) is 24.3 Å². The number of benzene rings is 1. The molecule has 1 N–H and O–H groups in total. The van der Waals surface area contributed by atoms with Gasteiger partial charge in [0.2, 0.25) is 0 Å². The summed E-state index contributed by atoms with van der Waals surface area (Å²) in [6.07, 6.45) is 0.